The number of rotatable bonds is 14. The Morgan fingerprint density at radius 2 is 1.60 bits per heavy atom. The number of phosphoric acid groups is 1. The van der Waals surface area contributed by atoms with E-state index < -0.39 is 17.0 Å². The Balaban J connectivity index is 4.27. The largest absolute Gasteiger partial charge is 0.606 e. The van der Waals surface area contributed by atoms with Crippen molar-refractivity contribution < 1.29 is 41.4 Å². The van der Waals surface area contributed by atoms with E-state index in [-0.39, 0.29) is 31.3 Å². The topological polar surface area (TPSA) is 107 Å². The number of nitrogens with zero attached hydrogens (tertiary/aromatic N) is 1. The number of quaternary nitrogens is 1. The van der Waals surface area contributed by atoms with Crippen molar-refractivity contribution in [2.45, 2.75) is 19.4 Å². The van der Waals surface area contributed by atoms with E-state index in [1.54, 1.807) is 6.92 Å². The molecule has 150 valence electrons. The second kappa shape index (κ2) is 11.0. The Morgan fingerprint density at radius 3 is 2.04 bits per heavy atom. The molecule has 0 aromatic carbocycles. The number of phosphoric ester groups is 1. The van der Waals surface area contributed by atoms with Crippen LogP contribution in [0.4, 0.5) is 0 Å². The quantitative estimate of drug-likeness (QED) is 0.250. The minimum atomic E-state index is -4.15. The number of carbonyl (C=O) groups excluding carboxylic acids is 1. The van der Waals surface area contributed by atoms with Crippen LogP contribution in [0.5, 0.6) is 0 Å². The van der Waals surface area contributed by atoms with Crippen molar-refractivity contribution in [2.24, 2.45) is 5.92 Å². The van der Waals surface area contributed by atoms with E-state index in [1.165, 1.54) is 21.3 Å². The SMILES string of the molecule is CO[Si](CC(C)C(=O)CCO[P+]([O-])(O)OCC[N+](C)(C)C)(OC)OC. The van der Waals surface area contributed by atoms with Gasteiger partial charge in [0.1, 0.15) is 25.5 Å². The molecule has 0 aromatic rings. The van der Waals surface area contributed by atoms with Gasteiger partial charge in [-0.15, -0.1) is 0 Å². The van der Waals surface area contributed by atoms with Gasteiger partial charge in [0.15, 0.2) is 0 Å². The first-order chi connectivity index (χ1) is 11.4. The fourth-order valence-electron chi connectivity index (χ4n) is 1.96. The Kier molecular flexibility index (Phi) is 11.0. The summed E-state index contributed by atoms with van der Waals surface area (Å²) in [4.78, 5) is 33.5. The van der Waals surface area contributed by atoms with Crippen LogP contribution in [-0.4, -0.2) is 86.2 Å². The fraction of sp³-hybridized carbons (Fsp3) is 0.929. The standard InChI is InChI=1S/C14H32NO8PSi/c1-13(12-25(19-5,20-6)21-7)14(16)8-10-22-24(17,18)23-11-9-15(2,3)4/h13H,8-12H2,1-7H3/p+1. The zero-order valence-electron chi connectivity index (χ0n) is 16.3. The summed E-state index contributed by atoms with van der Waals surface area (Å²) in [5.74, 6) is -0.512. The van der Waals surface area contributed by atoms with Crippen LogP contribution in [0.2, 0.25) is 6.04 Å². The van der Waals surface area contributed by atoms with Crippen molar-refractivity contribution in [3.8, 4) is 0 Å². The number of ketones is 1. The maximum atomic E-state index is 12.2. The van der Waals surface area contributed by atoms with Gasteiger partial charge in [0.2, 0.25) is 0 Å². The fourth-order valence-corrected chi connectivity index (χ4v) is 4.65. The maximum Gasteiger partial charge on any atom is 0.500 e. The van der Waals surface area contributed by atoms with Gasteiger partial charge in [-0.25, -0.2) is 0 Å². The number of Topliss-reactive ketones (excluding diaryl/α,β-unsaturated/α-hetero) is 1. The highest BCUT2D eigenvalue weighted by atomic mass is 31.2. The van der Waals surface area contributed by atoms with Gasteiger partial charge in [-0.05, 0) is 0 Å². The molecule has 25 heavy (non-hydrogen) atoms. The lowest BCUT2D eigenvalue weighted by atomic mass is 10.1. The smallest absolute Gasteiger partial charge is 0.500 e. The Morgan fingerprint density at radius 1 is 1.12 bits per heavy atom. The normalized spacial score (nSPS) is 16.5. The molecule has 0 aliphatic carbocycles. The van der Waals surface area contributed by atoms with Crippen LogP contribution in [-0.2, 0) is 27.1 Å². The van der Waals surface area contributed by atoms with Crippen LogP contribution in [0.25, 0.3) is 0 Å². The van der Waals surface area contributed by atoms with Crippen LogP contribution in [0.15, 0.2) is 0 Å². The molecule has 0 radical (unpaired) electrons. The van der Waals surface area contributed by atoms with Gasteiger partial charge in [-0.2, -0.15) is 13.9 Å². The molecule has 0 saturated heterocycles. The molecule has 1 N–H and O–H groups in total. The second-order valence-corrected chi connectivity index (χ2v) is 11.2. The zero-order chi connectivity index (χ0) is 19.7. The van der Waals surface area contributed by atoms with Gasteiger partial charge in [0, 0.05) is 39.7 Å². The summed E-state index contributed by atoms with van der Waals surface area (Å²) in [5.41, 5.74) is 0. The van der Waals surface area contributed by atoms with E-state index in [1.807, 2.05) is 21.1 Å². The third-order valence-corrected chi connectivity index (χ3v) is 7.65. The van der Waals surface area contributed by atoms with Crippen molar-refractivity contribution >= 4 is 22.8 Å². The molecule has 11 heteroatoms. The Labute approximate surface area is 152 Å². The number of likely N-dealkylation sites (N-methyl/N-ethyl adjacent to an activating group) is 1. The van der Waals surface area contributed by atoms with Crippen molar-refractivity contribution in [2.75, 3.05) is 62.2 Å². The average molecular weight is 402 g/mol. The number of hydrogen-bond donors (Lipinski definition) is 1. The van der Waals surface area contributed by atoms with Crippen LogP contribution in [0.3, 0.4) is 0 Å². The van der Waals surface area contributed by atoms with Crippen LogP contribution < -0.4 is 4.89 Å². The monoisotopic (exact) mass is 402 g/mol. The highest BCUT2D eigenvalue weighted by molar-refractivity contribution is 7.52. The minimum absolute atomic E-state index is 0.00790. The third-order valence-electron chi connectivity index (χ3n) is 3.66. The summed E-state index contributed by atoms with van der Waals surface area (Å²) in [5, 5.41) is 0. The van der Waals surface area contributed by atoms with E-state index in [2.05, 4.69) is 0 Å². The lowest BCUT2D eigenvalue weighted by Crippen LogP contribution is -2.45. The molecule has 0 aliphatic rings. The second-order valence-electron chi connectivity index (χ2n) is 6.77. The van der Waals surface area contributed by atoms with Gasteiger partial charge in [-0.1, -0.05) is 6.92 Å². The van der Waals surface area contributed by atoms with Gasteiger partial charge in [0.25, 0.3) is 0 Å². The molecular formula is C14H33NO8PSi+. The van der Waals surface area contributed by atoms with Crippen LogP contribution in [0.1, 0.15) is 13.3 Å². The molecule has 0 rings (SSSR count). The Bertz CT molecular complexity index is 393. The highest BCUT2D eigenvalue weighted by Gasteiger charge is 2.41. The predicted octanol–water partition coefficient (Wildman–Crippen LogP) is 0.229. The number of hydrogen-bond acceptors (Lipinski definition) is 8. The minimum Gasteiger partial charge on any atom is -0.606 e. The van der Waals surface area contributed by atoms with Crippen LogP contribution >= 0.6 is 8.17 Å². The summed E-state index contributed by atoms with van der Waals surface area (Å²) < 4.78 is 26.2. The molecular weight excluding hydrogens is 369 g/mol. The molecule has 2 atom stereocenters. The third kappa shape index (κ3) is 10.7. The van der Waals surface area contributed by atoms with E-state index in [4.69, 9.17) is 22.3 Å². The first kappa shape index (κ1) is 25.0. The predicted molar refractivity (Wildman–Crippen MR) is 94.3 cm³/mol. The Hall–Kier alpha value is -0.00312. The van der Waals surface area contributed by atoms with Gasteiger partial charge in [-0.3, -0.25) is 4.79 Å². The lowest BCUT2D eigenvalue weighted by molar-refractivity contribution is -0.870. The average Bonchev–Trinajstić information content (AvgIpc) is 2.50. The first-order valence-electron chi connectivity index (χ1n) is 8.01. The van der Waals surface area contributed by atoms with Crippen molar-refractivity contribution in [3.05, 3.63) is 0 Å². The molecule has 0 aliphatic heterocycles. The number of carbonyl (C=O) groups is 1. The molecule has 0 aromatic heterocycles. The summed E-state index contributed by atoms with van der Waals surface area (Å²) >= 11 is 0. The van der Waals surface area contributed by atoms with Crippen LogP contribution in [0, 0.1) is 5.92 Å². The maximum absolute atomic E-state index is 12.2. The zero-order valence-corrected chi connectivity index (χ0v) is 18.2. The molecule has 0 bridgehead atoms. The summed E-state index contributed by atoms with van der Waals surface area (Å²) in [6.45, 7) is 2.19. The summed E-state index contributed by atoms with van der Waals surface area (Å²) in [7, 11) is 3.27. The molecule has 9 nitrogen and oxygen atoms in total. The van der Waals surface area contributed by atoms with Crippen molar-refractivity contribution in [1.29, 1.82) is 0 Å². The van der Waals surface area contributed by atoms with Crippen molar-refractivity contribution in [1.82, 2.24) is 0 Å². The first-order valence-corrected chi connectivity index (χ1v) is 11.4. The van der Waals surface area contributed by atoms with Gasteiger partial charge < -0.3 is 22.7 Å². The lowest BCUT2D eigenvalue weighted by Gasteiger charge is -2.27. The molecule has 2 unspecified atom stereocenters. The highest BCUT2D eigenvalue weighted by Crippen LogP contribution is 2.47. The van der Waals surface area contributed by atoms with E-state index >= 15 is 0 Å². The summed E-state index contributed by atoms with van der Waals surface area (Å²) in [6, 6.07) is 0.326. The molecule has 0 saturated carbocycles. The van der Waals surface area contributed by atoms with Crippen molar-refractivity contribution in [3.63, 3.8) is 0 Å². The van der Waals surface area contributed by atoms with Gasteiger partial charge in [0.05, 0.1) is 21.1 Å². The summed E-state index contributed by atoms with van der Waals surface area (Å²) in [6.07, 6.45) is -0.00790. The van der Waals surface area contributed by atoms with Gasteiger partial charge >= 0.3 is 17.0 Å². The molecule has 0 amide bonds. The molecule has 0 fully saturated rings. The van der Waals surface area contributed by atoms with E-state index in [0.717, 1.165) is 0 Å². The van der Waals surface area contributed by atoms with E-state index in [0.29, 0.717) is 17.1 Å². The molecule has 0 heterocycles. The van der Waals surface area contributed by atoms with E-state index in [9.17, 15) is 14.6 Å². The molecule has 0 spiro atoms.